The summed E-state index contributed by atoms with van der Waals surface area (Å²) in [6, 6.07) is 9.89. The van der Waals surface area contributed by atoms with Crippen molar-refractivity contribution in [2.45, 2.75) is 64.9 Å². The number of hydrogen-bond acceptors (Lipinski definition) is 4. The van der Waals surface area contributed by atoms with Gasteiger partial charge in [-0.3, -0.25) is 4.79 Å². The van der Waals surface area contributed by atoms with Crippen molar-refractivity contribution in [1.82, 2.24) is 0 Å². The van der Waals surface area contributed by atoms with Crippen LogP contribution in [0.2, 0.25) is 0 Å². The summed E-state index contributed by atoms with van der Waals surface area (Å²) in [4.78, 5) is 24.3. The van der Waals surface area contributed by atoms with Crippen LogP contribution < -0.4 is 0 Å². The molecular weight excluding hydrogens is 304 g/mol. The fourth-order valence-corrected chi connectivity index (χ4v) is 3.03. The van der Waals surface area contributed by atoms with E-state index in [1.54, 1.807) is 0 Å². The van der Waals surface area contributed by atoms with Gasteiger partial charge in [-0.05, 0) is 51.5 Å². The van der Waals surface area contributed by atoms with Crippen molar-refractivity contribution in [3.05, 3.63) is 35.9 Å². The SMILES string of the molecule is CCC(C)(C)C(=O)OCC(=O)OC1(c2ccccc2)CCCCC1. The molecule has 24 heavy (non-hydrogen) atoms. The summed E-state index contributed by atoms with van der Waals surface area (Å²) in [6.45, 7) is 5.23. The van der Waals surface area contributed by atoms with E-state index >= 15 is 0 Å². The summed E-state index contributed by atoms with van der Waals surface area (Å²) in [5, 5.41) is 0. The minimum Gasteiger partial charge on any atom is -0.453 e. The third kappa shape index (κ3) is 4.37. The Bertz CT molecular complexity index is 556. The largest absolute Gasteiger partial charge is 0.453 e. The summed E-state index contributed by atoms with van der Waals surface area (Å²) in [5.74, 6) is -0.833. The molecule has 0 aromatic heterocycles. The van der Waals surface area contributed by atoms with Gasteiger partial charge in [0.2, 0.25) is 0 Å². The topological polar surface area (TPSA) is 52.6 Å². The van der Waals surface area contributed by atoms with Crippen molar-refractivity contribution < 1.29 is 19.1 Å². The van der Waals surface area contributed by atoms with Crippen LogP contribution in [0.3, 0.4) is 0 Å². The Morgan fingerprint density at radius 2 is 1.71 bits per heavy atom. The van der Waals surface area contributed by atoms with Gasteiger partial charge in [-0.1, -0.05) is 43.7 Å². The molecule has 0 radical (unpaired) electrons. The van der Waals surface area contributed by atoms with Gasteiger partial charge in [0.15, 0.2) is 6.61 Å². The van der Waals surface area contributed by atoms with E-state index in [2.05, 4.69) is 0 Å². The minimum absolute atomic E-state index is 0.323. The second-order valence-corrected chi connectivity index (χ2v) is 7.21. The predicted octanol–water partition coefficient (Wildman–Crippen LogP) is 4.37. The van der Waals surface area contributed by atoms with Crippen LogP contribution in [0, 0.1) is 5.41 Å². The highest BCUT2D eigenvalue weighted by Crippen LogP contribution is 2.40. The summed E-state index contributed by atoms with van der Waals surface area (Å²) in [7, 11) is 0. The van der Waals surface area contributed by atoms with Gasteiger partial charge in [0.25, 0.3) is 0 Å². The Labute approximate surface area is 144 Å². The van der Waals surface area contributed by atoms with Crippen LogP contribution in [0.25, 0.3) is 0 Å². The molecule has 4 heteroatoms. The zero-order valence-electron chi connectivity index (χ0n) is 15.0. The average Bonchev–Trinajstić information content (AvgIpc) is 2.61. The lowest BCUT2D eigenvalue weighted by atomic mass is 9.79. The molecule has 1 aromatic carbocycles. The summed E-state index contributed by atoms with van der Waals surface area (Å²) in [6.07, 6.45) is 5.52. The monoisotopic (exact) mass is 332 g/mol. The molecule has 4 nitrogen and oxygen atoms in total. The van der Waals surface area contributed by atoms with Crippen LogP contribution in [0.4, 0.5) is 0 Å². The molecule has 0 aliphatic heterocycles. The van der Waals surface area contributed by atoms with Crippen LogP contribution in [-0.4, -0.2) is 18.5 Å². The first-order valence-corrected chi connectivity index (χ1v) is 8.84. The van der Waals surface area contributed by atoms with Gasteiger partial charge in [0.05, 0.1) is 5.41 Å². The van der Waals surface area contributed by atoms with Crippen LogP contribution in [-0.2, 0) is 24.7 Å². The standard InChI is InChI=1S/C20H28O4/c1-4-19(2,3)18(22)23-15-17(21)24-20(13-9-6-10-14-20)16-11-7-5-8-12-16/h5,7-8,11-12H,4,6,9-10,13-15H2,1-3H3. The maximum atomic E-state index is 12.3. The first-order valence-electron chi connectivity index (χ1n) is 8.84. The highest BCUT2D eigenvalue weighted by molar-refractivity contribution is 5.80. The van der Waals surface area contributed by atoms with Crippen LogP contribution in [0.5, 0.6) is 0 Å². The molecule has 0 atom stereocenters. The van der Waals surface area contributed by atoms with Gasteiger partial charge in [-0.25, -0.2) is 4.79 Å². The molecule has 0 amide bonds. The lowest BCUT2D eigenvalue weighted by Crippen LogP contribution is -2.37. The fraction of sp³-hybridized carbons (Fsp3) is 0.600. The van der Waals surface area contributed by atoms with E-state index < -0.39 is 17.0 Å². The Morgan fingerprint density at radius 1 is 1.08 bits per heavy atom. The highest BCUT2D eigenvalue weighted by Gasteiger charge is 2.38. The van der Waals surface area contributed by atoms with E-state index in [9.17, 15) is 9.59 Å². The Kier molecular flexibility index (Phi) is 6.03. The molecular formula is C20H28O4. The van der Waals surface area contributed by atoms with Crippen molar-refractivity contribution in [2.75, 3.05) is 6.61 Å². The molecule has 1 aromatic rings. The summed E-state index contributed by atoms with van der Waals surface area (Å²) >= 11 is 0. The normalized spacial score (nSPS) is 17.1. The molecule has 0 heterocycles. The number of ether oxygens (including phenoxy) is 2. The van der Waals surface area contributed by atoms with Gasteiger partial charge in [-0.2, -0.15) is 0 Å². The zero-order chi connectivity index (χ0) is 17.6. The molecule has 0 unspecified atom stereocenters. The Balaban J connectivity index is 2.02. The molecule has 0 N–H and O–H groups in total. The lowest BCUT2D eigenvalue weighted by molar-refractivity contribution is -0.177. The van der Waals surface area contributed by atoms with E-state index in [4.69, 9.17) is 9.47 Å². The third-order valence-electron chi connectivity index (χ3n) is 5.03. The predicted molar refractivity (Wildman–Crippen MR) is 92.3 cm³/mol. The molecule has 1 fully saturated rings. The Hall–Kier alpha value is -1.84. The molecule has 1 aliphatic rings. The quantitative estimate of drug-likeness (QED) is 0.726. The maximum absolute atomic E-state index is 12.3. The van der Waals surface area contributed by atoms with Gasteiger partial charge in [-0.15, -0.1) is 0 Å². The summed E-state index contributed by atoms with van der Waals surface area (Å²) in [5.41, 5.74) is -0.135. The third-order valence-corrected chi connectivity index (χ3v) is 5.03. The van der Waals surface area contributed by atoms with Crippen molar-refractivity contribution in [3.63, 3.8) is 0 Å². The van der Waals surface area contributed by atoms with Gasteiger partial charge in [0, 0.05) is 0 Å². The average molecular weight is 332 g/mol. The van der Waals surface area contributed by atoms with Gasteiger partial charge >= 0.3 is 11.9 Å². The highest BCUT2D eigenvalue weighted by atomic mass is 16.6. The number of carbonyl (C=O) groups excluding carboxylic acids is 2. The van der Waals surface area contributed by atoms with E-state index in [0.29, 0.717) is 6.42 Å². The first-order chi connectivity index (χ1) is 11.4. The number of benzene rings is 1. The molecule has 0 saturated heterocycles. The smallest absolute Gasteiger partial charge is 0.345 e. The van der Waals surface area contributed by atoms with Crippen LogP contribution in [0.1, 0.15) is 64.9 Å². The first kappa shape index (κ1) is 18.5. The molecule has 1 saturated carbocycles. The molecule has 0 bridgehead atoms. The number of esters is 2. The van der Waals surface area contributed by atoms with E-state index in [1.165, 1.54) is 0 Å². The maximum Gasteiger partial charge on any atom is 0.345 e. The van der Waals surface area contributed by atoms with E-state index in [-0.39, 0.29) is 12.6 Å². The molecule has 1 aliphatic carbocycles. The minimum atomic E-state index is -0.581. The van der Waals surface area contributed by atoms with E-state index in [1.807, 2.05) is 51.1 Å². The molecule has 2 rings (SSSR count). The second-order valence-electron chi connectivity index (χ2n) is 7.21. The van der Waals surface area contributed by atoms with Crippen molar-refractivity contribution in [1.29, 1.82) is 0 Å². The lowest BCUT2D eigenvalue weighted by Gasteiger charge is -2.37. The van der Waals surface area contributed by atoms with E-state index in [0.717, 1.165) is 37.7 Å². The number of hydrogen-bond donors (Lipinski definition) is 0. The van der Waals surface area contributed by atoms with Crippen LogP contribution in [0.15, 0.2) is 30.3 Å². The van der Waals surface area contributed by atoms with Crippen LogP contribution >= 0.6 is 0 Å². The molecule has 0 spiro atoms. The Morgan fingerprint density at radius 3 is 2.29 bits per heavy atom. The van der Waals surface area contributed by atoms with Crippen molar-refractivity contribution in [3.8, 4) is 0 Å². The summed E-state index contributed by atoms with van der Waals surface area (Å²) < 4.78 is 11.0. The van der Waals surface area contributed by atoms with Crippen molar-refractivity contribution >= 4 is 11.9 Å². The second kappa shape index (κ2) is 7.82. The van der Waals surface area contributed by atoms with Gasteiger partial charge < -0.3 is 9.47 Å². The number of carbonyl (C=O) groups is 2. The van der Waals surface area contributed by atoms with Crippen molar-refractivity contribution in [2.24, 2.45) is 5.41 Å². The zero-order valence-corrected chi connectivity index (χ0v) is 15.0. The number of rotatable bonds is 6. The van der Waals surface area contributed by atoms with Gasteiger partial charge in [0.1, 0.15) is 5.60 Å². The molecule has 132 valence electrons. The fourth-order valence-electron chi connectivity index (χ4n) is 3.03.